The highest BCUT2D eigenvalue weighted by Crippen LogP contribution is 2.35. The molecular formula is C21H18O6. The molecule has 0 spiro atoms. The van der Waals surface area contributed by atoms with Crippen molar-refractivity contribution in [1.29, 1.82) is 0 Å². The van der Waals surface area contributed by atoms with Crippen LogP contribution in [0.1, 0.15) is 40.1 Å². The fraction of sp³-hybridized carbons (Fsp3) is 0.190. The van der Waals surface area contributed by atoms with Crippen LogP contribution in [0.25, 0.3) is 6.08 Å². The van der Waals surface area contributed by atoms with Crippen LogP contribution >= 0.6 is 0 Å². The van der Waals surface area contributed by atoms with Crippen molar-refractivity contribution in [2.45, 2.75) is 13.8 Å². The molecule has 0 aliphatic carbocycles. The molecule has 0 fully saturated rings. The van der Waals surface area contributed by atoms with E-state index in [1.54, 1.807) is 56.3 Å². The van der Waals surface area contributed by atoms with E-state index in [4.69, 9.17) is 9.47 Å². The Morgan fingerprint density at radius 3 is 2.41 bits per heavy atom. The minimum atomic E-state index is -0.432. The van der Waals surface area contributed by atoms with Crippen LogP contribution in [0.4, 0.5) is 0 Å². The smallest absolute Gasteiger partial charge is 0.337 e. The van der Waals surface area contributed by atoms with Crippen molar-refractivity contribution >= 4 is 23.8 Å². The molecule has 3 rings (SSSR count). The van der Waals surface area contributed by atoms with Gasteiger partial charge < -0.3 is 14.2 Å². The highest BCUT2D eigenvalue weighted by Gasteiger charge is 2.28. The van der Waals surface area contributed by atoms with E-state index in [2.05, 4.69) is 4.74 Å². The minimum Gasteiger partial charge on any atom is -0.465 e. The average molecular weight is 366 g/mol. The molecule has 6 nitrogen and oxygen atoms in total. The van der Waals surface area contributed by atoms with Crippen molar-refractivity contribution in [3.8, 4) is 11.5 Å². The molecule has 0 saturated carbocycles. The maximum Gasteiger partial charge on any atom is 0.337 e. The molecule has 2 aromatic rings. The molecule has 0 saturated heterocycles. The molecule has 0 unspecified atom stereocenters. The monoisotopic (exact) mass is 366 g/mol. The normalized spacial score (nSPS) is 14.1. The molecule has 1 aliphatic rings. The Bertz CT molecular complexity index is 938. The maximum absolute atomic E-state index is 12.5. The van der Waals surface area contributed by atoms with Gasteiger partial charge in [-0.2, -0.15) is 0 Å². The van der Waals surface area contributed by atoms with Crippen LogP contribution in [0.3, 0.4) is 0 Å². The van der Waals surface area contributed by atoms with Gasteiger partial charge in [-0.3, -0.25) is 9.59 Å². The van der Waals surface area contributed by atoms with Gasteiger partial charge in [0.15, 0.2) is 5.76 Å². The van der Waals surface area contributed by atoms with Crippen molar-refractivity contribution in [3.05, 3.63) is 64.9 Å². The molecule has 138 valence electrons. The van der Waals surface area contributed by atoms with E-state index in [-0.39, 0.29) is 23.4 Å². The molecule has 0 atom stereocenters. The van der Waals surface area contributed by atoms with Crippen molar-refractivity contribution in [3.63, 3.8) is 0 Å². The first kappa shape index (κ1) is 18.4. The maximum atomic E-state index is 12.5. The van der Waals surface area contributed by atoms with E-state index in [9.17, 15) is 14.4 Å². The van der Waals surface area contributed by atoms with E-state index >= 15 is 0 Å². The summed E-state index contributed by atoms with van der Waals surface area (Å²) >= 11 is 0. The lowest BCUT2D eigenvalue weighted by atomic mass is 10.1. The largest absolute Gasteiger partial charge is 0.465 e. The Kier molecular flexibility index (Phi) is 5.07. The SMILES string of the molecule is COC(=O)c1ccc(C=C2Oc3cc(OC(=O)C(C)C)ccc3C2=O)cc1. The van der Waals surface area contributed by atoms with E-state index in [1.807, 2.05) is 0 Å². The number of hydrogen-bond acceptors (Lipinski definition) is 6. The van der Waals surface area contributed by atoms with Crippen molar-refractivity contribution in [1.82, 2.24) is 0 Å². The number of allylic oxidation sites excluding steroid dienone is 1. The van der Waals surface area contributed by atoms with Gasteiger partial charge in [-0.15, -0.1) is 0 Å². The zero-order valence-electron chi connectivity index (χ0n) is 15.1. The van der Waals surface area contributed by atoms with Gasteiger partial charge in [0.05, 0.1) is 24.2 Å². The lowest BCUT2D eigenvalue weighted by molar-refractivity contribution is -0.137. The van der Waals surface area contributed by atoms with E-state index in [0.29, 0.717) is 28.2 Å². The van der Waals surface area contributed by atoms with Crippen LogP contribution in [0.2, 0.25) is 0 Å². The van der Waals surface area contributed by atoms with Crippen LogP contribution in [-0.2, 0) is 9.53 Å². The summed E-state index contributed by atoms with van der Waals surface area (Å²) in [4.78, 5) is 35.7. The number of esters is 2. The Labute approximate surface area is 156 Å². The Morgan fingerprint density at radius 1 is 1.07 bits per heavy atom. The number of Topliss-reactive ketones (excluding diaryl/α,β-unsaturated/α-hetero) is 1. The summed E-state index contributed by atoms with van der Waals surface area (Å²) in [5.41, 5.74) is 1.51. The predicted octanol–water partition coefficient (Wildman–Crippen LogP) is 3.65. The fourth-order valence-corrected chi connectivity index (χ4v) is 2.45. The molecule has 0 aromatic heterocycles. The number of fused-ring (bicyclic) bond motifs is 1. The van der Waals surface area contributed by atoms with Crippen molar-refractivity contribution < 1.29 is 28.6 Å². The Hall–Kier alpha value is -3.41. The summed E-state index contributed by atoms with van der Waals surface area (Å²) in [6, 6.07) is 11.2. The summed E-state index contributed by atoms with van der Waals surface area (Å²) in [7, 11) is 1.31. The second-order valence-corrected chi connectivity index (χ2v) is 6.29. The number of ketones is 1. The van der Waals surface area contributed by atoms with Crippen molar-refractivity contribution in [2.24, 2.45) is 5.92 Å². The van der Waals surface area contributed by atoms with Gasteiger partial charge in [-0.25, -0.2) is 4.79 Å². The third-order valence-electron chi connectivity index (χ3n) is 3.96. The molecule has 6 heteroatoms. The van der Waals surface area contributed by atoms with Gasteiger partial charge in [-0.1, -0.05) is 26.0 Å². The summed E-state index contributed by atoms with van der Waals surface area (Å²) in [6.45, 7) is 3.48. The molecule has 0 radical (unpaired) electrons. The number of methoxy groups -OCH3 is 1. The van der Waals surface area contributed by atoms with E-state index < -0.39 is 5.97 Å². The number of rotatable bonds is 4. The molecule has 0 bridgehead atoms. The first-order valence-corrected chi connectivity index (χ1v) is 8.37. The number of hydrogen-bond donors (Lipinski definition) is 0. The average Bonchev–Trinajstić information content (AvgIpc) is 2.96. The molecule has 0 N–H and O–H groups in total. The molecule has 2 aromatic carbocycles. The second-order valence-electron chi connectivity index (χ2n) is 6.29. The first-order chi connectivity index (χ1) is 12.9. The minimum absolute atomic E-state index is 0.156. The van der Waals surface area contributed by atoms with E-state index in [0.717, 1.165) is 0 Å². The summed E-state index contributed by atoms with van der Waals surface area (Å²) in [5, 5.41) is 0. The van der Waals surface area contributed by atoms with Gasteiger partial charge in [0, 0.05) is 6.07 Å². The predicted molar refractivity (Wildman–Crippen MR) is 97.6 cm³/mol. The van der Waals surface area contributed by atoms with E-state index in [1.165, 1.54) is 13.2 Å². The number of carbonyl (C=O) groups excluding carboxylic acids is 3. The topological polar surface area (TPSA) is 78.9 Å². The number of carbonyl (C=O) groups is 3. The standard InChI is InChI=1S/C21H18O6/c1-12(2)20(23)26-15-8-9-16-17(11-15)27-18(19(16)22)10-13-4-6-14(7-5-13)21(24)25-3/h4-12H,1-3H3. The molecule has 27 heavy (non-hydrogen) atoms. The first-order valence-electron chi connectivity index (χ1n) is 8.37. The highest BCUT2D eigenvalue weighted by molar-refractivity contribution is 6.14. The van der Waals surface area contributed by atoms with Crippen LogP contribution in [0.5, 0.6) is 11.5 Å². The zero-order chi connectivity index (χ0) is 19.6. The van der Waals surface area contributed by atoms with Crippen LogP contribution in [0.15, 0.2) is 48.2 Å². The Morgan fingerprint density at radius 2 is 1.78 bits per heavy atom. The van der Waals surface area contributed by atoms with Crippen molar-refractivity contribution in [2.75, 3.05) is 7.11 Å². The summed E-state index contributed by atoms with van der Waals surface area (Å²) in [5.74, 6) is -0.495. The molecular weight excluding hydrogens is 348 g/mol. The van der Waals surface area contributed by atoms with Crippen LogP contribution < -0.4 is 9.47 Å². The third-order valence-corrected chi connectivity index (χ3v) is 3.96. The van der Waals surface area contributed by atoms with Gasteiger partial charge in [-0.05, 0) is 35.9 Å². The lowest BCUT2D eigenvalue weighted by Crippen LogP contribution is -2.14. The molecule has 0 amide bonds. The highest BCUT2D eigenvalue weighted by atomic mass is 16.5. The summed E-state index contributed by atoms with van der Waals surface area (Å²) < 4.78 is 15.5. The second kappa shape index (κ2) is 7.45. The van der Waals surface area contributed by atoms with Crippen LogP contribution in [0, 0.1) is 5.92 Å². The lowest BCUT2D eigenvalue weighted by Gasteiger charge is -2.07. The van der Waals surface area contributed by atoms with Crippen LogP contribution in [-0.4, -0.2) is 24.8 Å². The summed E-state index contributed by atoms with van der Waals surface area (Å²) in [6.07, 6.45) is 1.59. The zero-order valence-corrected chi connectivity index (χ0v) is 15.1. The molecule has 1 heterocycles. The van der Waals surface area contributed by atoms with Gasteiger partial charge in [0.2, 0.25) is 5.78 Å². The fourth-order valence-electron chi connectivity index (χ4n) is 2.45. The molecule has 1 aliphatic heterocycles. The number of ether oxygens (including phenoxy) is 3. The van der Waals surface area contributed by atoms with Gasteiger partial charge >= 0.3 is 11.9 Å². The quantitative estimate of drug-likeness (QED) is 0.467. The van der Waals surface area contributed by atoms with Gasteiger partial charge in [0.25, 0.3) is 0 Å². The van der Waals surface area contributed by atoms with Gasteiger partial charge in [0.1, 0.15) is 11.5 Å². The number of benzene rings is 2. The Balaban J connectivity index is 1.80. The third kappa shape index (κ3) is 3.89.